The number of nitrogens with zero attached hydrogens (tertiary/aromatic N) is 1. The fourth-order valence-electron chi connectivity index (χ4n) is 2.56. The van der Waals surface area contributed by atoms with Crippen LogP contribution in [0.15, 0.2) is 35.3 Å². The molecule has 0 radical (unpaired) electrons. The number of aliphatic imine (C=N–C) groups is 1. The first kappa shape index (κ1) is 19.7. The van der Waals surface area contributed by atoms with Crippen molar-refractivity contribution in [3.8, 4) is 0 Å². The Morgan fingerprint density at radius 2 is 2.08 bits per heavy atom. The van der Waals surface area contributed by atoms with Crippen LogP contribution in [0.3, 0.4) is 0 Å². The zero-order valence-corrected chi connectivity index (χ0v) is 15.2. The van der Waals surface area contributed by atoms with Crippen LogP contribution in [-0.2, 0) is 20.8 Å². The Bertz CT molecular complexity index is 476. The lowest BCUT2D eigenvalue weighted by Crippen LogP contribution is -2.39. The Kier molecular flexibility index (Phi) is 10.00. The molecule has 1 heterocycles. The molecule has 6 heteroatoms. The predicted octanol–water partition coefficient (Wildman–Crippen LogP) is 1.95. The lowest BCUT2D eigenvalue weighted by atomic mass is 10.2. The van der Waals surface area contributed by atoms with Gasteiger partial charge in [-0.25, -0.2) is 0 Å². The monoisotopic (exact) mass is 349 g/mol. The Morgan fingerprint density at radius 3 is 2.84 bits per heavy atom. The summed E-state index contributed by atoms with van der Waals surface area (Å²) < 4.78 is 16.8. The Hall–Kier alpha value is -1.63. The minimum absolute atomic E-state index is 0.275. The molecule has 1 saturated heterocycles. The number of nitrogens with one attached hydrogen (secondary N) is 2. The van der Waals surface area contributed by atoms with E-state index in [1.807, 2.05) is 18.2 Å². The quantitative estimate of drug-likeness (QED) is 0.363. The SMILES string of the molecule is CCNC(=NCCOCC1CCCO1)NCCOCc1ccccc1. The van der Waals surface area contributed by atoms with Crippen molar-refractivity contribution in [2.24, 2.45) is 4.99 Å². The van der Waals surface area contributed by atoms with Gasteiger partial charge in [-0.1, -0.05) is 30.3 Å². The summed E-state index contributed by atoms with van der Waals surface area (Å²) in [7, 11) is 0. The van der Waals surface area contributed by atoms with E-state index in [9.17, 15) is 0 Å². The number of hydrogen-bond acceptors (Lipinski definition) is 4. The first-order valence-electron chi connectivity index (χ1n) is 9.21. The molecule has 1 aromatic carbocycles. The second kappa shape index (κ2) is 12.7. The number of hydrogen-bond donors (Lipinski definition) is 2. The van der Waals surface area contributed by atoms with Gasteiger partial charge in [0.05, 0.1) is 39.1 Å². The van der Waals surface area contributed by atoms with E-state index in [-0.39, 0.29) is 6.10 Å². The van der Waals surface area contributed by atoms with Crippen molar-refractivity contribution in [2.75, 3.05) is 46.1 Å². The molecule has 1 atom stereocenters. The van der Waals surface area contributed by atoms with E-state index < -0.39 is 0 Å². The van der Waals surface area contributed by atoms with Crippen LogP contribution >= 0.6 is 0 Å². The molecular formula is C19H31N3O3. The number of rotatable bonds is 11. The van der Waals surface area contributed by atoms with Crippen LogP contribution in [0.5, 0.6) is 0 Å². The molecule has 0 spiro atoms. The van der Waals surface area contributed by atoms with Crippen molar-refractivity contribution in [1.29, 1.82) is 0 Å². The summed E-state index contributed by atoms with van der Waals surface area (Å²) in [4.78, 5) is 4.51. The molecule has 0 saturated carbocycles. The normalized spacial score (nSPS) is 17.6. The Balaban J connectivity index is 1.53. The summed E-state index contributed by atoms with van der Waals surface area (Å²) in [6.07, 6.45) is 2.53. The third-order valence-corrected chi connectivity index (χ3v) is 3.83. The van der Waals surface area contributed by atoms with Gasteiger partial charge < -0.3 is 24.8 Å². The molecule has 25 heavy (non-hydrogen) atoms. The summed E-state index contributed by atoms with van der Waals surface area (Å²) in [6.45, 7) is 7.65. The molecule has 2 N–H and O–H groups in total. The minimum Gasteiger partial charge on any atom is -0.377 e. The molecule has 0 bridgehead atoms. The van der Waals surface area contributed by atoms with Crippen molar-refractivity contribution < 1.29 is 14.2 Å². The van der Waals surface area contributed by atoms with Gasteiger partial charge in [0.15, 0.2) is 5.96 Å². The van der Waals surface area contributed by atoms with Crippen LogP contribution in [0.25, 0.3) is 0 Å². The maximum absolute atomic E-state index is 5.66. The third kappa shape index (κ3) is 8.86. The highest BCUT2D eigenvalue weighted by Gasteiger charge is 2.14. The standard InChI is InChI=1S/C19H31N3O3/c1-2-20-19(22-11-14-24-16-18-9-6-12-25-18)21-10-13-23-15-17-7-4-3-5-8-17/h3-5,7-8,18H,2,6,9-16H2,1H3,(H2,20,21,22). The molecule has 140 valence electrons. The van der Waals surface area contributed by atoms with Gasteiger partial charge in [0, 0.05) is 19.7 Å². The average Bonchev–Trinajstić information content (AvgIpc) is 3.15. The van der Waals surface area contributed by atoms with Gasteiger partial charge in [-0.3, -0.25) is 4.99 Å². The van der Waals surface area contributed by atoms with Gasteiger partial charge in [0.25, 0.3) is 0 Å². The van der Waals surface area contributed by atoms with E-state index >= 15 is 0 Å². The number of ether oxygens (including phenoxy) is 3. The lowest BCUT2D eigenvalue weighted by molar-refractivity contribution is 0.0200. The third-order valence-electron chi connectivity index (χ3n) is 3.83. The molecule has 1 fully saturated rings. The van der Waals surface area contributed by atoms with Crippen LogP contribution in [0.1, 0.15) is 25.3 Å². The first-order valence-corrected chi connectivity index (χ1v) is 9.21. The highest BCUT2D eigenvalue weighted by Crippen LogP contribution is 2.11. The zero-order chi connectivity index (χ0) is 17.6. The van der Waals surface area contributed by atoms with E-state index in [0.29, 0.717) is 33.0 Å². The van der Waals surface area contributed by atoms with Gasteiger partial charge in [-0.2, -0.15) is 0 Å². The molecule has 6 nitrogen and oxygen atoms in total. The van der Waals surface area contributed by atoms with E-state index in [0.717, 1.165) is 38.5 Å². The predicted molar refractivity (Wildman–Crippen MR) is 99.9 cm³/mol. The molecule has 1 aromatic rings. The fraction of sp³-hybridized carbons (Fsp3) is 0.632. The topological polar surface area (TPSA) is 64.1 Å². The Labute approximate surface area is 151 Å². The molecule has 1 unspecified atom stereocenters. The summed E-state index contributed by atoms with van der Waals surface area (Å²) in [6, 6.07) is 10.2. The highest BCUT2D eigenvalue weighted by atomic mass is 16.5. The summed E-state index contributed by atoms with van der Waals surface area (Å²) in [5.74, 6) is 0.798. The maximum Gasteiger partial charge on any atom is 0.191 e. The van der Waals surface area contributed by atoms with Crippen LogP contribution in [0.2, 0.25) is 0 Å². The molecule has 0 amide bonds. The van der Waals surface area contributed by atoms with E-state index in [1.165, 1.54) is 5.56 Å². The van der Waals surface area contributed by atoms with Crippen LogP contribution in [0, 0.1) is 0 Å². The largest absolute Gasteiger partial charge is 0.377 e. The van der Waals surface area contributed by atoms with Crippen LogP contribution < -0.4 is 10.6 Å². The van der Waals surface area contributed by atoms with Gasteiger partial charge in [-0.15, -0.1) is 0 Å². The molecule has 0 aliphatic carbocycles. The van der Waals surface area contributed by atoms with Crippen LogP contribution in [-0.4, -0.2) is 58.1 Å². The van der Waals surface area contributed by atoms with Crippen molar-refractivity contribution >= 4 is 5.96 Å². The molecule has 1 aliphatic rings. The van der Waals surface area contributed by atoms with Crippen molar-refractivity contribution in [2.45, 2.75) is 32.5 Å². The smallest absolute Gasteiger partial charge is 0.191 e. The fourth-order valence-corrected chi connectivity index (χ4v) is 2.56. The highest BCUT2D eigenvalue weighted by molar-refractivity contribution is 5.79. The van der Waals surface area contributed by atoms with Gasteiger partial charge in [-0.05, 0) is 25.3 Å². The number of benzene rings is 1. The lowest BCUT2D eigenvalue weighted by Gasteiger charge is -2.12. The summed E-state index contributed by atoms with van der Waals surface area (Å²) in [5.41, 5.74) is 1.19. The van der Waals surface area contributed by atoms with Crippen molar-refractivity contribution in [1.82, 2.24) is 10.6 Å². The summed E-state index contributed by atoms with van der Waals surface area (Å²) in [5, 5.41) is 6.50. The van der Waals surface area contributed by atoms with Crippen molar-refractivity contribution in [3.05, 3.63) is 35.9 Å². The van der Waals surface area contributed by atoms with Gasteiger partial charge in [0.2, 0.25) is 0 Å². The van der Waals surface area contributed by atoms with Crippen LogP contribution in [0.4, 0.5) is 0 Å². The number of guanidine groups is 1. The van der Waals surface area contributed by atoms with Gasteiger partial charge >= 0.3 is 0 Å². The Morgan fingerprint density at radius 1 is 1.20 bits per heavy atom. The molecular weight excluding hydrogens is 318 g/mol. The first-order chi connectivity index (χ1) is 12.4. The molecule has 0 aromatic heterocycles. The molecule has 2 rings (SSSR count). The van der Waals surface area contributed by atoms with Crippen molar-refractivity contribution in [3.63, 3.8) is 0 Å². The average molecular weight is 349 g/mol. The minimum atomic E-state index is 0.275. The summed E-state index contributed by atoms with van der Waals surface area (Å²) >= 11 is 0. The van der Waals surface area contributed by atoms with E-state index in [1.54, 1.807) is 0 Å². The molecule has 1 aliphatic heterocycles. The maximum atomic E-state index is 5.66. The zero-order valence-electron chi connectivity index (χ0n) is 15.2. The van der Waals surface area contributed by atoms with E-state index in [2.05, 4.69) is 34.7 Å². The van der Waals surface area contributed by atoms with Gasteiger partial charge in [0.1, 0.15) is 0 Å². The van der Waals surface area contributed by atoms with E-state index in [4.69, 9.17) is 14.2 Å². The second-order valence-electron chi connectivity index (χ2n) is 5.94. The second-order valence-corrected chi connectivity index (χ2v) is 5.94.